The van der Waals surface area contributed by atoms with E-state index in [4.69, 9.17) is 5.73 Å². The molecular weight excluding hydrogens is 182 g/mol. The first-order valence-electron chi connectivity index (χ1n) is 4.51. The monoisotopic (exact) mass is 197 g/mol. The van der Waals surface area contributed by atoms with Gasteiger partial charge in [-0.25, -0.2) is 0 Å². The minimum atomic E-state index is 0.0416. The van der Waals surface area contributed by atoms with Crippen molar-refractivity contribution in [2.45, 2.75) is 19.8 Å². The molecule has 1 heterocycles. The van der Waals surface area contributed by atoms with Gasteiger partial charge >= 0.3 is 0 Å². The highest BCUT2D eigenvalue weighted by Crippen LogP contribution is 2.11. The molecule has 0 aliphatic carbocycles. The lowest BCUT2D eigenvalue weighted by atomic mass is 9.97. The molecule has 0 radical (unpaired) electrons. The van der Waals surface area contributed by atoms with Crippen LogP contribution in [0, 0.1) is 5.92 Å². The number of ketones is 1. The summed E-state index contributed by atoms with van der Waals surface area (Å²) in [7, 11) is 0. The van der Waals surface area contributed by atoms with Crippen molar-refractivity contribution in [3.63, 3.8) is 0 Å². The van der Waals surface area contributed by atoms with Gasteiger partial charge in [0.2, 0.25) is 0 Å². The quantitative estimate of drug-likeness (QED) is 0.782. The van der Waals surface area contributed by atoms with E-state index in [1.165, 1.54) is 0 Å². The molecule has 1 unspecified atom stereocenters. The van der Waals surface area contributed by atoms with Gasteiger partial charge in [-0.3, -0.25) is 4.79 Å². The van der Waals surface area contributed by atoms with Crippen molar-refractivity contribution < 1.29 is 4.79 Å². The summed E-state index contributed by atoms with van der Waals surface area (Å²) < 4.78 is 0. The summed E-state index contributed by atoms with van der Waals surface area (Å²) in [5.41, 5.74) is 6.61. The minimum absolute atomic E-state index is 0.0416. The van der Waals surface area contributed by atoms with Crippen molar-refractivity contribution in [2.24, 2.45) is 11.7 Å². The Hall–Kier alpha value is -0.670. The average molecular weight is 197 g/mol. The van der Waals surface area contributed by atoms with Gasteiger partial charge in [0, 0.05) is 18.9 Å². The number of hydrogen-bond acceptors (Lipinski definition) is 3. The van der Waals surface area contributed by atoms with E-state index in [-0.39, 0.29) is 11.7 Å². The Morgan fingerprint density at radius 3 is 2.92 bits per heavy atom. The molecule has 1 aromatic heterocycles. The third-order valence-electron chi connectivity index (χ3n) is 2.19. The highest BCUT2D eigenvalue weighted by Gasteiger charge is 2.14. The van der Waals surface area contributed by atoms with E-state index in [2.05, 4.69) is 0 Å². The topological polar surface area (TPSA) is 43.1 Å². The SMILES string of the molecule is CCC(CN)C(=O)Cc1ccsc1. The Labute approximate surface area is 82.8 Å². The van der Waals surface area contributed by atoms with Gasteiger partial charge in [0.15, 0.2) is 0 Å². The van der Waals surface area contributed by atoms with Crippen molar-refractivity contribution in [3.8, 4) is 0 Å². The molecule has 13 heavy (non-hydrogen) atoms. The zero-order valence-electron chi connectivity index (χ0n) is 7.82. The largest absolute Gasteiger partial charge is 0.330 e. The Morgan fingerprint density at radius 1 is 1.69 bits per heavy atom. The van der Waals surface area contributed by atoms with Crippen molar-refractivity contribution >= 4 is 17.1 Å². The fraction of sp³-hybridized carbons (Fsp3) is 0.500. The van der Waals surface area contributed by atoms with Gasteiger partial charge in [0.05, 0.1) is 0 Å². The van der Waals surface area contributed by atoms with Crippen molar-refractivity contribution in [3.05, 3.63) is 22.4 Å². The lowest BCUT2D eigenvalue weighted by molar-refractivity contribution is -0.122. The van der Waals surface area contributed by atoms with Gasteiger partial charge in [-0.05, 0) is 28.8 Å². The van der Waals surface area contributed by atoms with Crippen LogP contribution in [0.15, 0.2) is 16.8 Å². The molecule has 0 aliphatic rings. The summed E-state index contributed by atoms with van der Waals surface area (Å²) in [5.74, 6) is 0.309. The van der Waals surface area contributed by atoms with Crippen molar-refractivity contribution in [1.29, 1.82) is 0 Å². The van der Waals surface area contributed by atoms with Crippen LogP contribution >= 0.6 is 11.3 Å². The zero-order valence-corrected chi connectivity index (χ0v) is 8.64. The molecule has 1 rings (SSSR count). The van der Waals surface area contributed by atoms with Crippen LogP contribution in [0.2, 0.25) is 0 Å². The number of nitrogens with two attached hydrogens (primary N) is 1. The van der Waals surface area contributed by atoms with E-state index in [9.17, 15) is 4.79 Å². The molecule has 0 saturated heterocycles. The maximum absolute atomic E-state index is 11.6. The molecule has 0 spiro atoms. The predicted octanol–water partition coefficient (Wildman–Crippen LogP) is 1.84. The van der Waals surface area contributed by atoms with Gasteiger partial charge < -0.3 is 5.73 Å². The van der Waals surface area contributed by atoms with Gasteiger partial charge in [0.25, 0.3) is 0 Å². The molecule has 2 N–H and O–H groups in total. The summed E-state index contributed by atoms with van der Waals surface area (Å²) >= 11 is 1.63. The van der Waals surface area contributed by atoms with E-state index < -0.39 is 0 Å². The highest BCUT2D eigenvalue weighted by molar-refractivity contribution is 7.07. The standard InChI is InChI=1S/C10H15NOS/c1-2-9(6-11)10(12)5-8-3-4-13-7-8/h3-4,7,9H,2,5-6,11H2,1H3. The predicted molar refractivity (Wildman–Crippen MR) is 55.9 cm³/mol. The minimum Gasteiger partial charge on any atom is -0.330 e. The Balaban J connectivity index is 2.49. The number of thiophene rings is 1. The Bertz CT molecular complexity index is 252. The van der Waals surface area contributed by atoms with Crippen molar-refractivity contribution in [1.82, 2.24) is 0 Å². The molecule has 0 fully saturated rings. The maximum Gasteiger partial charge on any atom is 0.141 e. The lowest BCUT2D eigenvalue weighted by Crippen LogP contribution is -2.24. The molecule has 0 aliphatic heterocycles. The van der Waals surface area contributed by atoms with Crippen LogP contribution < -0.4 is 5.73 Å². The number of carbonyl (C=O) groups excluding carboxylic acids is 1. The fourth-order valence-corrected chi connectivity index (χ4v) is 1.93. The van der Waals surface area contributed by atoms with Crippen LogP contribution in [0.5, 0.6) is 0 Å². The second kappa shape index (κ2) is 5.14. The van der Waals surface area contributed by atoms with Crippen LogP contribution in [0.25, 0.3) is 0 Å². The summed E-state index contributed by atoms with van der Waals surface area (Å²) in [5, 5.41) is 4.01. The molecule has 0 amide bonds. The van der Waals surface area contributed by atoms with Gasteiger partial charge in [-0.1, -0.05) is 6.92 Å². The summed E-state index contributed by atoms with van der Waals surface area (Å²) in [4.78, 5) is 11.6. The Kier molecular flexibility index (Phi) is 4.12. The van der Waals surface area contributed by atoms with Crippen molar-refractivity contribution in [2.75, 3.05) is 6.54 Å². The van der Waals surface area contributed by atoms with E-state index >= 15 is 0 Å². The molecule has 0 saturated carbocycles. The zero-order chi connectivity index (χ0) is 9.68. The van der Waals surface area contributed by atoms with Crippen LogP contribution in [0.3, 0.4) is 0 Å². The molecule has 72 valence electrons. The molecule has 0 bridgehead atoms. The normalized spacial score (nSPS) is 12.8. The average Bonchev–Trinajstić information content (AvgIpc) is 2.59. The van der Waals surface area contributed by atoms with E-state index in [1.807, 2.05) is 23.8 Å². The molecule has 1 atom stereocenters. The highest BCUT2D eigenvalue weighted by atomic mass is 32.1. The smallest absolute Gasteiger partial charge is 0.141 e. The lowest BCUT2D eigenvalue weighted by Gasteiger charge is -2.09. The summed E-state index contributed by atoms with van der Waals surface area (Å²) in [6, 6.07) is 1.99. The van der Waals surface area contributed by atoms with Crippen LogP contribution in [-0.2, 0) is 11.2 Å². The number of rotatable bonds is 5. The molecule has 0 aromatic carbocycles. The van der Waals surface area contributed by atoms with Gasteiger partial charge in [-0.15, -0.1) is 0 Å². The number of hydrogen-bond donors (Lipinski definition) is 1. The summed E-state index contributed by atoms with van der Waals surface area (Å²) in [6.45, 7) is 2.47. The first-order chi connectivity index (χ1) is 6.27. The third kappa shape index (κ3) is 2.94. The second-order valence-corrected chi connectivity index (χ2v) is 3.90. The number of Topliss-reactive ketones (excluding diaryl/α,β-unsaturated/α-hetero) is 1. The first kappa shape index (κ1) is 10.4. The van der Waals surface area contributed by atoms with E-state index in [0.29, 0.717) is 13.0 Å². The first-order valence-corrected chi connectivity index (χ1v) is 5.46. The summed E-state index contributed by atoms with van der Waals surface area (Å²) in [6.07, 6.45) is 1.39. The van der Waals surface area contributed by atoms with E-state index in [0.717, 1.165) is 12.0 Å². The number of carbonyl (C=O) groups is 1. The fourth-order valence-electron chi connectivity index (χ4n) is 1.26. The van der Waals surface area contributed by atoms with Crippen LogP contribution in [0.4, 0.5) is 0 Å². The van der Waals surface area contributed by atoms with Crippen LogP contribution in [-0.4, -0.2) is 12.3 Å². The second-order valence-electron chi connectivity index (χ2n) is 3.12. The molecule has 2 nitrogen and oxygen atoms in total. The molecular formula is C10H15NOS. The molecule has 1 aromatic rings. The van der Waals surface area contributed by atoms with Gasteiger partial charge in [-0.2, -0.15) is 11.3 Å². The Morgan fingerprint density at radius 2 is 2.46 bits per heavy atom. The maximum atomic E-state index is 11.6. The van der Waals surface area contributed by atoms with Crippen LogP contribution in [0.1, 0.15) is 18.9 Å². The van der Waals surface area contributed by atoms with Gasteiger partial charge in [0.1, 0.15) is 5.78 Å². The third-order valence-corrected chi connectivity index (χ3v) is 2.92. The van der Waals surface area contributed by atoms with E-state index in [1.54, 1.807) is 11.3 Å². The molecule has 3 heteroatoms.